The Morgan fingerprint density at radius 3 is 2.67 bits per heavy atom. The van der Waals surface area contributed by atoms with Gasteiger partial charge in [-0.05, 0) is 32.4 Å². The second kappa shape index (κ2) is 4.30. The molecule has 1 amide bonds. The fraction of sp³-hybridized carbons (Fsp3) is 0.875. The molecule has 4 nitrogen and oxygen atoms in total. The van der Waals surface area contributed by atoms with E-state index in [2.05, 4.69) is 5.32 Å². The Morgan fingerprint density at radius 2 is 2.33 bits per heavy atom. The maximum Gasteiger partial charge on any atom is 0.407 e. The summed E-state index contributed by atoms with van der Waals surface area (Å²) in [6.45, 7) is 5.25. The van der Waals surface area contributed by atoms with Gasteiger partial charge in [0.15, 0.2) is 0 Å². The van der Waals surface area contributed by atoms with E-state index in [9.17, 15) is 4.79 Å². The Labute approximate surface area is 72.6 Å². The van der Waals surface area contributed by atoms with Gasteiger partial charge in [-0.15, -0.1) is 0 Å². The molecule has 1 aliphatic rings. The molecule has 0 aromatic heterocycles. The summed E-state index contributed by atoms with van der Waals surface area (Å²) in [6.07, 6.45) is 0.192. The smallest absolute Gasteiger partial charge is 0.407 e. The molecule has 2 N–H and O–H groups in total. The molecule has 0 aromatic carbocycles. The maximum absolute atomic E-state index is 10.6. The van der Waals surface area contributed by atoms with Gasteiger partial charge < -0.3 is 15.3 Å². The van der Waals surface area contributed by atoms with E-state index >= 15 is 0 Å². The Morgan fingerprint density at radius 1 is 1.67 bits per heavy atom. The first-order valence-corrected chi connectivity index (χ1v) is 4.42. The van der Waals surface area contributed by atoms with Gasteiger partial charge in [-0.25, -0.2) is 4.79 Å². The number of nitrogens with zero attached hydrogens (tertiary/aromatic N) is 1. The summed E-state index contributed by atoms with van der Waals surface area (Å²) in [4.78, 5) is 12.0. The minimum atomic E-state index is -0.801. The van der Waals surface area contributed by atoms with Gasteiger partial charge >= 0.3 is 6.09 Å². The van der Waals surface area contributed by atoms with E-state index in [0.29, 0.717) is 19.0 Å². The Balaban J connectivity index is 2.13. The molecule has 0 aromatic rings. The summed E-state index contributed by atoms with van der Waals surface area (Å²) in [5.41, 5.74) is 0. The van der Waals surface area contributed by atoms with Crippen molar-refractivity contribution in [3.63, 3.8) is 0 Å². The van der Waals surface area contributed by atoms with Crippen molar-refractivity contribution in [1.29, 1.82) is 0 Å². The van der Waals surface area contributed by atoms with Crippen LogP contribution in [0, 0.1) is 5.92 Å². The third-order valence-electron chi connectivity index (χ3n) is 2.33. The Bertz CT molecular complexity index is 157. The van der Waals surface area contributed by atoms with E-state index in [-0.39, 0.29) is 0 Å². The molecule has 0 radical (unpaired) electrons. The van der Waals surface area contributed by atoms with Gasteiger partial charge in [0.2, 0.25) is 0 Å². The van der Waals surface area contributed by atoms with E-state index in [0.717, 1.165) is 19.5 Å². The van der Waals surface area contributed by atoms with Crippen LogP contribution in [0.1, 0.15) is 13.3 Å². The van der Waals surface area contributed by atoms with E-state index in [4.69, 9.17) is 5.11 Å². The number of hydrogen-bond acceptors (Lipinski definition) is 2. The van der Waals surface area contributed by atoms with Crippen LogP contribution in [0.5, 0.6) is 0 Å². The topological polar surface area (TPSA) is 52.6 Å². The quantitative estimate of drug-likeness (QED) is 0.652. The van der Waals surface area contributed by atoms with Crippen molar-refractivity contribution >= 4 is 6.09 Å². The molecule has 1 heterocycles. The van der Waals surface area contributed by atoms with Crippen LogP contribution in [-0.2, 0) is 0 Å². The molecule has 0 bridgehead atoms. The average molecular weight is 172 g/mol. The van der Waals surface area contributed by atoms with Crippen molar-refractivity contribution < 1.29 is 9.90 Å². The van der Waals surface area contributed by atoms with E-state index in [1.165, 1.54) is 4.90 Å². The van der Waals surface area contributed by atoms with Crippen LogP contribution in [0.2, 0.25) is 0 Å². The molecule has 0 unspecified atom stereocenters. The van der Waals surface area contributed by atoms with Crippen LogP contribution in [0.3, 0.4) is 0 Å². The lowest BCUT2D eigenvalue weighted by atomic mass is 9.99. The number of amides is 1. The van der Waals surface area contributed by atoms with Gasteiger partial charge in [0, 0.05) is 13.1 Å². The van der Waals surface area contributed by atoms with E-state index < -0.39 is 6.09 Å². The molecular weight excluding hydrogens is 156 g/mol. The zero-order valence-corrected chi connectivity index (χ0v) is 7.42. The highest BCUT2D eigenvalue weighted by atomic mass is 16.4. The minimum absolute atomic E-state index is 0.593. The number of rotatable bonds is 4. The SMILES string of the molecule is CCN(CCC1CNC1)C(=O)O. The third kappa shape index (κ3) is 2.37. The lowest BCUT2D eigenvalue weighted by molar-refractivity contribution is 0.142. The lowest BCUT2D eigenvalue weighted by Crippen LogP contribution is -2.44. The van der Waals surface area contributed by atoms with Crippen molar-refractivity contribution in [2.45, 2.75) is 13.3 Å². The fourth-order valence-electron chi connectivity index (χ4n) is 1.28. The van der Waals surface area contributed by atoms with Crippen molar-refractivity contribution in [3.8, 4) is 0 Å². The van der Waals surface area contributed by atoms with Crippen LogP contribution < -0.4 is 5.32 Å². The highest BCUT2D eigenvalue weighted by Gasteiger charge is 2.18. The van der Waals surface area contributed by atoms with Crippen LogP contribution >= 0.6 is 0 Å². The first kappa shape index (κ1) is 9.32. The molecule has 0 saturated carbocycles. The molecule has 0 aliphatic carbocycles. The van der Waals surface area contributed by atoms with Gasteiger partial charge in [-0.2, -0.15) is 0 Å². The van der Waals surface area contributed by atoms with Crippen molar-refractivity contribution in [2.75, 3.05) is 26.2 Å². The normalized spacial score (nSPS) is 17.1. The molecule has 1 aliphatic heterocycles. The Hall–Kier alpha value is -0.770. The molecule has 0 spiro atoms. The van der Waals surface area contributed by atoms with E-state index in [1.807, 2.05) is 6.92 Å². The standard InChI is InChI=1S/C8H16N2O2/c1-2-10(8(11)12)4-3-7-5-9-6-7/h7,9H,2-6H2,1H3,(H,11,12). The first-order valence-electron chi connectivity index (χ1n) is 4.42. The minimum Gasteiger partial charge on any atom is -0.465 e. The van der Waals surface area contributed by atoms with Crippen molar-refractivity contribution in [1.82, 2.24) is 10.2 Å². The van der Waals surface area contributed by atoms with Gasteiger partial charge in [-0.1, -0.05) is 0 Å². The summed E-state index contributed by atoms with van der Waals surface area (Å²) < 4.78 is 0. The average Bonchev–Trinajstić information content (AvgIpc) is 1.93. The van der Waals surface area contributed by atoms with Crippen LogP contribution in [-0.4, -0.2) is 42.3 Å². The fourth-order valence-corrected chi connectivity index (χ4v) is 1.28. The predicted octanol–water partition coefficient (Wildman–Crippen LogP) is 0.596. The molecule has 70 valence electrons. The maximum atomic E-state index is 10.6. The zero-order valence-electron chi connectivity index (χ0n) is 7.42. The molecule has 1 saturated heterocycles. The second-order valence-corrected chi connectivity index (χ2v) is 3.18. The molecule has 12 heavy (non-hydrogen) atoms. The highest BCUT2D eigenvalue weighted by molar-refractivity contribution is 5.64. The molecule has 1 rings (SSSR count). The third-order valence-corrected chi connectivity index (χ3v) is 2.33. The number of carbonyl (C=O) groups is 1. The van der Waals surface area contributed by atoms with Gasteiger partial charge in [-0.3, -0.25) is 0 Å². The van der Waals surface area contributed by atoms with Crippen LogP contribution in [0.25, 0.3) is 0 Å². The predicted molar refractivity (Wildman–Crippen MR) is 46.2 cm³/mol. The van der Waals surface area contributed by atoms with Crippen LogP contribution in [0.15, 0.2) is 0 Å². The van der Waals surface area contributed by atoms with Gasteiger partial charge in [0.05, 0.1) is 0 Å². The van der Waals surface area contributed by atoms with Crippen molar-refractivity contribution in [2.24, 2.45) is 5.92 Å². The summed E-state index contributed by atoms with van der Waals surface area (Å²) in [6, 6.07) is 0. The van der Waals surface area contributed by atoms with E-state index in [1.54, 1.807) is 0 Å². The summed E-state index contributed by atoms with van der Waals surface area (Å²) in [5, 5.41) is 11.9. The van der Waals surface area contributed by atoms with Gasteiger partial charge in [0.1, 0.15) is 0 Å². The lowest BCUT2D eigenvalue weighted by Gasteiger charge is -2.29. The number of carboxylic acid groups (broad SMARTS) is 1. The number of nitrogens with one attached hydrogen (secondary N) is 1. The second-order valence-electron chi connectivity index (χ2n) is 3.18. The van der Waals surface area contributed by atoms with Gasteiger partial charge in [0.25, 0.3) is 0 Å². The van der Waals surface area contributed by atoms with Crippen LogP contribution in [0.4, 0.5) is 4.79 Å². The van der Waals surface area contributed by atoms with Crippen molar-refractivity contribution in [3.05, 3.63) is 0 Å². The molecular formula is C8H16N2O2. The zero-order chi connectivity index (χ0) is 8.97. The summed E-state index contributed by atoms with van der Waals surface area (Å²) in [7, 11) is 0. The summed E-state index contributed by atoms with van der Waals surface area (Å²) >= 11 is 0. The monoisotopic (exact) mass is 172 g/mol. The molecule has 1 fully saturated rings. The number of hydrogen-bond donors (Lipinski definition) is 2. The molecule has 0 atom stereocenters. The largest absolute Gasteiger partial charge is 0.465 e. The highest BCUT2D eigenvalue weighted by Crippen LogP contribution is 2.08. The summed E-state index contributed by atoms with van der Waals surface area (Å²) in [5.74, 6) is 0.693. The first-order chi connectivity index (χ1) is 5.74. The molecule has 4 heteroatoms. The Kier molecular flexibility index (Phi) is 3.34.